The number of hydrogen-bond acceptors (Lipinski definition) is 3. The minimum absolute atomic E-state index is 0. The Kier molecular flexibility index (Phi) is 9.28. The van der Waals surface area contributed by atoms with E-state index in [2.05, 4.69) is 10.6 Å². The van der Waals surface area contributed by atoms with Crippen LogP contribution in [0, 0.1) is 0 Å². The van der Waals surface area contributed by atoms with Gasteiger partial charge in [0.2, 0.25) is 5.91 Å². The molecule has 2 N–H and O–H groups in total. The zero-order valence-corrected chi connectivity index (χ0v) is 11.7. The first-order valence-electron chi connectivity index (χ1n) is 5.87. The quantitative estimate of drug-likeness (QED) is 0.748. The summed E-state index contributed by atoms with van der Waals surface area (Å²) in [6.45, 7) is 3.58. The summed E-state index contributed by atoms with van der Waals surface area (Å²) in [4.78, 5) is 11.4. The molecule has 0 saturated carbocycles. The molecule has 0 aliphatic heterocycles. The fourth-order valence-corrected chi connectivity index (χ4v) is 1.42. The SMILES string of the molecule is CCCOCC(=O)Nc1ccc(CNC)cc1.Cl. The van der Waals surface area contributed by atoms with Crippen molar-refractivity contribution in [2.75, 3.05) is 25.6 Å². The lowest BCUT2D eigenvalue weighted by molar-refractivity contribution is -0.120. The van der Waals surface area contributed by atoms with Crippen LogP contribution >= 0.6 is 12.4 Å². The summed E-state index contributed by atoms with van der Waals surface area (Å²) >= 11 is 0. The number of anilines is 1. The highest BCUT2D eigenvalue weighted by Gasteiger charge is 2.01. The molecule has 0 aromatic heterocycles. The summed E-state index contributed by atoms with van der Waals surface area (Å²) in [6.07, 6.45) is 0.923. The first-order chi connectivity index (χ1) is 8.26. The van der Waals surface area contributed by atoms with E-state index in [1.807, 2.05) is 38.2 Å². The van der Waals surface area contributed by atoms with Crippen molar-refractivity contribution in [3.05, 3.63) is 29.8 Å². The lowest BCUT2D eigenvalue weighted by Crippen LogP contribution is -2.18. The van der Waals surface area contributed by atoms with Gasteiger partial charge in [-0.2, -0.15) is 0 Å². The van der Waals surface area contributed by atoms with E-state index in [0.29, 0.717) is 6.61 Å². The molecule has 0 spiro atoms. The lowest BCUT2D eigenvalue weighted by atomic mass is 10.2. The first-order valence-corrected chi connectivity index (χ1v) is 5.87. The van der Waals surface area contributed by atoms with E-state index in [4.69, 9.17) is 4.74 Å². The number of carbonyl (C=O) groups excluding carboxylic acids is 1. The number of benzene rings is 1. The number of amides is 1. The largest absolute Gasteiger partial charge is 0.372 e. The second kappa shape index (κ2) is 9.88. The zero-order valence-electron chi connectivity index (χ0n) is 10.9. The number of halogens is 1. The average molecular weight is 273 g/mol. The van der Waals surface area contributed by atoms with Crippen molar-refractivity contribution in [3.63, 3.8) is 0 Å². The van der Waals surface area contributed by atoms with Crippen LogP contribution in [0.4, 0.5) is 5.69 Å². The van der Waals surface area contributed by atoms with Gasteiger partial charge in [-0.15, -0.1) is 12.4 Å². The van der Waals surface area contributed by atoms with Crippen molar-refractivity contribution in [1.29, 1.82) is 0 Å². The van der Waals surface area contributed by atoms with Crippen LogP contribution in [0.2, 0.25) is 0 Å². The number of nitrogens with one attached hydrogen (secondary N) is 2. The number of carbonyl (C=O) groups is 1. The zero-order chi connectivity index (χ0) is 12.5. The summed E-state index contributed by atoms with van der Waals surface area (Å²) < 4.78 is 5.16. The highest BCUT2D eigenvalue weighted by molar-refractivity contribution is 5.91. The van der Waals surface area contributed by atoms with Crippen LogP contribution in [0.3, 0.4) is 0 Å². The molecule has 102 valence electrons. The van der Waals surface area contributed by atoms with Gasteiger partial charge in [-0.25, -0.2) is 0 Å². The summed E-state index contributed by atoms with van der Waals surface area (Å²) in [7, 11) is 1.90. The molecule has 0 bridgehead atoms. The van der Waals surface area contributed by atoms with Gasteiger partial charge >= 0.3 is 0 Å². The third kappa shape index (κ3) is 6.59. The molecule has 0 heterocycles. The van der Waals surface area contributed by atoms with E-state index < -0.39 is 0 Å². The molecule has 1 aromatic carbocycles. The maximum absolute atomic E-state index is 11.4. The van der Waals surface area contributed by atoms with Crippen LogP contribution < -0.4 is 10.6 Å². The minimum Gasteiger partial charge on any atom is -0.372 e. The smallest absolute Gasteiger partial charge is 0.250 e. The van der Waals surface area contributed by atoms with E-state index in [-0.39, 0.29) is 24.9 Å². The van der Waals surface area contributed by atoms with Gasteiger partial charge in [0.05, 0.1) is 0 Å². The van der Waals surface area contributed by atoms with E-state index in [0.717, 1.165) is 18.7 Å². The highest BCUT2D eigenvalue weighted by atomic mass is 35.5. The lowest BCUT2D eigenvalue weighted by Gasteiger charge is -2.06. The van der Waals surface area contributed by atoms with Crippen LogP contribution in [0.5, 0.6) is 0 Å². The molecule has 5 heteroatoms. The molecule has 1 aromatic rings. The minimum atomic E-state index is -0.111. The summed E-state index contributed by atoms with van der Waals surface area (Å²) in [5.74, 6) is -0.111. The average Bonchev–Trinajstić information content (AvgIpc) is 2.32. The Balaban J connectivity index is 0.00000289. The Bertz CT molecular complexity index is 341. The van der Waals surface area contributed by atoms with Crippen molar-refractivity contribution < 1.29 is 9.53 Å². The van der Waals surface area contributed by atoms with Crippen LogP contribution in [-0.2, 0) is 16.1 Å². The molecular formula is C13H21ClN2O2. The Morgan fingerprint density at radius 1 is 1.28 bits per heavy atom. The summed E-state index contributed by atoms with van der Waals surface area (Å²) in [6, 6.07) is 7.76. The second-order valence-corrected chi connectivity index (χ2v) is 3.83. The van der Waals surface area contributed by atoms with Crippen molar-refractivity contribution in [2.45, 2.75) is 19.9 Å². The second-order valence-electron chi connectivity index (χ2n) is 3.83. The van der Waals surface area contributed by atoms with Crippen molar-refractivity contribution in [2.24, 2.45) is 0 Å². The van der Waals surface area contributed by atoms with Gasteiger partial charge in [-0.05, 0) is 31.2 Å². The molecule has 0 saturated heterocycles. The number of hydrogen-bond donors (Lipinski definition) is 2. The monoisotopic (exact) mass is 272 g/mol. The molecule has 0 unspecified atom stereocenters. The summed E-state index contributed by atoms with van der Waals surface area (Å²) in [5, 5.41) is 5.86. The van der Waals surface area contributed by atoms with Gasteiger partial charge in [0.25, 0.3) is 0 Å². The first kappa shape index (κ1) is 16.9. The van der Waals surface area contributed by atoms with Crippen LogP contribution in [0.15, 0.2) is 24.3 Å². The van der Waals surface area contributed by atoms with Gasteiger partial charge in [-0.3, -0.25) is 4.79 Å². The van der Waals surface area contributed by atoms with Gasteiger partial charge in [-0.1, -0.05) is 19.1 Å². The number of ether oxygens (including phenoxy) is 1. The van der Waals surface area contributed by atoms with Gasteiger partial charge in [0.1, 0.15) is 6.61 Å². The number of rotatable bonds is 7. The molecule has 0 aliphatic carbocycles. The Hall–Kier alpha value is -1.10. The van der Waals surface area contributed by atoms with Crippen LogP contribution in [-0.4, -0.2) is 26.2 Å². The van der Waals surface area contributed by atoms with Crippen molar-refractivity contribution >= 4 is 24.0 Å². The fraction of sp³-hybridized carbons (Fsp3) is 0.462. The standard InChI is InChI=1S/C13H20N2O2.ClH/c1-3-8-17-10-13(16)15-12-6-4-11(5-7-12)9-14-2;/h4-7,14H,3,8-10H2,1-2H3,(H,15,16);1H. The molecule has 0 aliphatic rings. The Morgan fingerprint density at radius 3 is 2.50 bits per heavy atom. The predicted octanol–water partition coefficient (Wildman–Crippen LogP) is 2.19. The predicted molar refractivity (Wildman–Crippen MR) is 76.2 cm³/mol. The molecule has 0 atom stereocenters. The Morgan fingerprint density at radius 2 is 1.94 bits per heavy atom. The third-order valence-corrected chi connectivity index (χ3v) is 2.20. The maximum atomic E-state index is 11.4. The van der Waals surface area contributed by atoms with Crippen molar-refractivity contribution in [1.82, 2.24) is 5.32 Å². The van der Waals surface area contributed by atoms with Gasteiger partial charge in [0, 0.05) is 18.8 Å². The molecule has 1 amide bonds. The highest BCUT2D eigenvalue weighted by Crippen LogP contribution is 2.09. The molecule has 0 fully saturated rings. The van der Waals surface area contributed by atoms with E-state index >= 15 is 0 Å². The van der Waals surface area contributed by atoms with E-state index in [1.54, 1.807) is 0 Å². The normalized spacial score (nSPS) is 9.67. The summed E-state index contributed by atoms with van der Waals surface area (Å²) in [5.41, 5.74) is 1.99. The third-order valence-electron chi connectivity index (χ3n) is 2.20. The van der Waals surface area contributed by atoms with Crippen LogP contribution in [0.1, 0.15) is 18.9 Å². The molecule has 1 rings (SSSR count). The van der Waals surface area contributed by atoms with Gasteiger partial charge in [0.15, 0.2) is 0 Å². The topological polar surface area (TPSA) is 50.4 Å². The molecular weight excluding hydrogens is 252 g/mol. The van der Waals surface area contributed by atoms with E-state index in [9.17, 15) is 4.79 Å². The van der Waals surface area contributed by atoms with Crippen molar-refractivity contribution in [3.8, 4) is 0 Å². The Labute approximate surface area is 115 Å². The van der Waals surface area contributed by atoms with E-state index in [1.165, 1.54) is 5.56 Å². The molecule has 4 nitrogen and oxygen atoms in total. The molecule has 0 radical (unpaired) electrons. The van der Waals surface area contributed by atoms with Crippen LogP contribution in [0.25, 0.3) is 0 Å². The molecule has 18 heavy (non-hydrogen) atoms. The maximum Gasteiger partial charge on any atom is 0.250 e. The fourth-order valence-electron chi connectivity index (χ4n) is 1.42. The van der Waals surface area contributed by atoms with Gasteiger partial charge < -0.3 is 15.4 Å².